The van der Waals surface area contributed by atoms with Gasteiger partial charge in [-0.25, -0.2) is 9.59 Å². The van der Waals surface area contributed by atoms with E-state index in [1.54, 1.807) is 99.6 Å². The van der Waals surface area contributed by atoms with Gasteiger partial charge < -0.3 is 44.3 Å². The van der Waals surface area contributed by atoms with E-state index in [9.17, 15) is 34.5 Å². The minimum atomic E-state index is -2.24. The number of aliphatic hydroxyl groups is 3. The molecule has 3 aromatic carbocycles. The van der Waals surface area contributed by atoms with Crippen molar-refractivity contribution in [2.75, 3.05) is 6.61 Å². The van der Waals surface area contributed by atoms with Crippen LogP contribution in [0.3, 0.4) is 0 Å². The Morgan fingerprint density at radius 3 is 2.03 bits per heavy atom. The standard InChI is InChI=1S/C45H49NO13/c1-25(47)58-43-24-55-31(43)21-29(48)41(4)30(49)22-45-40(2,3)44(54,36(35(41)43)57-38(52)28-19-13-8-14-20-28)23-32(42(45,5)59-45)56-39(53)34(50)33(26-15-9-6-10-16-26)46-37(51)27-17-11-7-12-18-27/h6-20,29,31-36,48,50,54H,21-24H2,1-5H3,(H,46,51)/t29-,31+,32-,33-,34+,35-,36-,41-,42+,43-,44+,45?/m0/s1. The molecule has 1 spiro atoms. The van der Waals surface area contributed by atoms with Crippen LogP contribution in [-0.4, -0.2) is 104 Å². The largest absolute Gasteiger partial charge is 0.457 e. The number of ketones is 1. The molecule has 2 bridgehead atoms. The lowest BCUT2D eigenvalue weighted by Gasteiger charge is -2.67. The molecule has 3 saturated carbocycles. The third-order valence-corrected chi connectivity index (χ3v) is 14.4. The van der Waals surface area contributed by atoms with Crippen LogP contribution in [0, 0.1) is 16.7 Å². The van der Waals surface area contributed by atoms with Crippen molar-refractivity contribution < 1.29 is 63.0 Å². The van der Waals surface area contributed by atoms with Gasteiger partial charge in [-0.2, -0.15) is 0 Å². The zero-order valence-corrected chi connectivity index (χ0v) is 33.5. The molecule has 12 atom stereocenters. The van der Waals surface area contributed by atoms with Crippen molar-refractivity contribution in [3.8, 4) is 0 Å². The average Bonchev–Trinajstić information content (AvgIpc) is 3.85. The summed E-state index contributed by atoms with van der Waals surface area (Å²) < 4.78 is 31.1. The van der Waals surface area contributed by atoms with Crippen molar-refractivity contribution in [2.24, 2.45) is 16.7 Å². The third-order valence-electron chi connectivity index (χ3n) is 14.4. The highest BCUT2D eigenvalue weighted by molar-refractivity contribution is 5.95. The molecule has 3 aromatic rings. The summed E-state index contributed by atoms with van der Waals surface area (Å²) in [6.45, 7) is 7.53. The summed E-state index contributed by atoms with van der Waals surface area (Å²) in [5.41, 5.74) is -9.27. The van der Waals surface area contributed by atoms with E-state index in [0.29, 0.717) is 5.56 Å². The Kier molecular flexibility index (Phi) is 9.71. The molecule has 0 aromatic heterocycles. The van der Waals surface area contributed by atoms with Gasteiger partial charge in [0.15, 0.2) is 11.7 Å². The molecule has 1 unspecified atom stereocenters. The monoisotopic (exact) mass is 811 g/mol. The molecule has 8 rings (SSSR count). The van der Waals surface area contributed by atoms with Crippen LogP contribution < -0.4 is 5.32 Å². The predicted octanol–water partition coefficient (Wildman–Crippen LogP) is 3.41. The Labute approximate surface area is 341 Å². The zero-order valence-electron chi connectivity index (χ0n) is 33.5. The number of carbonyl (C=O) groups excluding carboxylic acids is 5. The molecule has 5 aliphatic rings. The first-order valence-corrected chi connectivity index (χ1v) is 19.9. The van der Waals surface area contributed by atoms with E-state index in [1.807, 2.05) is 0 Å². The maximum absolute atomic E-state index is 15.1. The van der Waals surface area contributed by atoms with Gasteiger partial charge in [0.05, 0.1) is 35.6 Å². The molecular weight excluding hydrogens is 762 g/mol. The molecule has 5 fully saturated rings. The minimum absolute atomic E-state index is 0.0835. The molecule has 3 aliphatic carbocycles. The Hall–Kier alpha value is -4.99. The number of benzene rings is 3. The van der Waals surface area contributed by atoms with Crippen LogP contribution in [-0.2, 0) is 38.1 Å². The van der Waals surface area contributed by atoms with Gasteiger partial charge in [0.25, 0.3) is 5.91 Å². The molecule has 59 heavy (non-hydrogen) atoms. The van der Waals surface area contributed by atoms with Gasteiger partial charge in [-0.1, -0.05) is 80.6 Å². The topological polar surface area (TPSA) is 208 Å². The van der Waals surface area contributed by atoms with Crippen molar-refractivity contribution in [3.05, 3.63) is 108 Å². The van der Waals surface area contributed by atoms with E-state index >= 15 is 4.79 Å². The number of carbonyl (C=O) groups is 5. The summed E-state index contributed by atoms with van der Waals surface area (Å²) in [5.74, 6) is -5.17. The third kappa shape index (κ3) is 5.89. The number of fused-ring (bicyclic) bond motifs is 4. The Morgan fingerprint density at radius 2 is 1.46 bits per heavy atom. The van der Waals surface area contributed by atoms with Crippen LogP contribution in [0.5, 0.6) is 0 Å². The average molecular weight is 812 g/mol. The number of rotatable bonds is 9. The number of hydrogen-bond acceptors (Lipinski definition) is 13. The van der Waals surface area contributed by atoms with E-state index in [1.165, 1.54) is 26.0 Å². The molecule has 2 saturated heterocycles. The van der Waals surface area contributed by atoms with Crippen molar-refractivity contribution >= 4 is 29.6 Å². The molecule has 14 heteroatoms. The summed E-state index contributed by atoms with van der Waals surface area (Å²) >= 11 is 0. The van der Waals surface area contributed by atoms with Gasteiger partial charge in [0.2, 0.25) is 0 Å². The van der Waals surface area contributed by atoms with Gasteiger partial charge >= 0.3 is 17.9 Å². The van der Waals surface area contributed by atoms with Crippen LogP contribution >= 0.6 is 0 Å². The van der Waals surface area contributed by atoms with Gasteiger partial charge in [-0.05, 0) is 43.7 Å². The van der Waals surface area contributed by atoms with Gasteiger partial charge in [0, 0.05) is 37.2 Å². The quantitative estimate of drug-likeness (QED) is 0.139. The first-order chi connectivity index (χ1) is 27.9. The number of esters is 3. The fourth-order valence-corrected chi connectivity index (χ4v) is 10.8. The summed E-state index contributed by atoms with van der Waals surface area (Å²) in [7, 11) is 0. The van der Waals surface area contributed by atoms with Crippen molar-refractivity contribution in [1.29, 1.82) is 0 Å². The first kappa shape index (κ1) is 40.8. The number of Topliss-reactive ketones (excluding diaryl/α,β-unsaturated/α-hetero) is 1. The molecule has 1 amide bonds. The Morgan fingerprint density at radius 1 is 0.864 bits per heavy atom. The molecule has 0 radical (unpaired) electrons. The molecule has 14 nitrogen and oxygen atoms in total. The first-order valence-electron chi connectivity index (χ1n) is 19.9. The van der Waals surface area contributed by atoms with Gasteiger partial charge in [-0.15, -0.1) is 0 Å². The van der Waals surface area contributed by atoms with Crippen LogP contribution in [0.25, 0.3) is 0 Å². The van der Waals surface area contributed by atoms with E-state index in [2.05, 4.69) is 5.32 Å². The second-order valence-electron chi connectivity index (χ2n) is 17.5. The molecular formula is C45H49NO13. The number of aliphatic hydroxyl groups excluding tert-OH is 2. The maximum Gasteiger partial charge on any atom is 0.338 e. The number of nitrogens with one attached hydrogen (secondary N) is 1. The summed E-state index contributed by atoms with van der Waals surface area (Å²) in [6.07, 6.45) is -8.26. The number of epoxide rings is 1. The van der Waals surface area contributed by atoms with Gasteiger partial charge in [-0.3, -0.25) is 14.4 Å². The molecule has 2 aliphatic heterocycles. The number of amides is 1. The van der Waals surface area contributed by atoms with E-state index in [-0.39, 0.29) is 30.6 Å². The highest BCUT2D eigenvalue weighted by Crippen LogP contribution is 2.74. The summed E-state index contributed by atoms with van der Waals surface area (Å²) in [6, 6.07) is 23.4. The number of ether oxygens (including phenoxy) is 5. The summed E-state index contributed by atoms with van der Waals surface area (Å²) in [4.78, 5) is 69.8. The normalized spacial score (nSPS) is 37.2. The van der Waals surface area contributed by atoms with Crippen LogP contribution in [0.15, 0.2) is 91.0 Å². The van der Waals surface area contributed by atoms with Gasteiger partial charge in [0.1, 0.15) is 40.9 Å². The minimum Gasteiger partial charge on any atom is -0.457 e. The lowest BCUT2D eigenvalue weighted by molar-refractivity contribution is -0.349. The van der Waals surface area contributed by atoms with Crippen molar-refractivity contribution in [3.63, 3.8) is 0 Å². The predicted molar refractivity (Wildman–Crippen MR) is 206 cm³/mol. The van der Waals surface area contributed by atoms with Crippen LogP contribution in [0.1, 0.15) is 86.2 Å². The SMILES string of the molecule is CC(=O)O[C@@]12CO[C@@H]1C[C@H](O)[C@@]1(C)C(=O)CC34O[C@]3(C)[C@@H](OC(=O)[C@H](O)[C@@H](NC(=O)c3ccccc3)c3ccccc3)C[C@@](O)([C@@H](OC(=O)c3ccccc3)[C@H]21)C4(C)C. The zero-order chi connectivity index (χ0) is 42.3. The van der Waals surface area contributed by atoms with Crippen LogP contribution in [0.2, 0.25) is 0 Å². The van der Waals surface area contributed by atoms with E-state index < -0.39 is 112 Å². The lowest BCUT2D eigenvalue weighted by Crippen LogP contribution is -2.82. The fourth-order valence-electron chi connectivity index (χ4n) is 10.8. The smallest absolute Gasteiger partial charge is 0.338 e. The molecule has 312 valence electrons. The highest BCUT2D eigenvalue weighted by Gasteiger charge is 2.89. The highest BCUT2D eigenvalue weighted by atomic mass is 16.7. The number of hydrogen-bond donors (Lipinski definition) is 4. The Bertz CT molecular complexity index is 2170. The summed E-state index contributed by atoms with van der Waals surface area (Å²) in [5, 5.41) is 40.0. The van der Waals surface area contributed by atoms with E-state index in [0.717, 1.165) is 0 Å². The maximum atomic E-state index is 15.1. The van der Waals surface area contributed by atoms with Crippen LogP contribution in [0.4, 0.5) is 0 Å². The molecule has 2 heterocycles. The Balaban J connectivity index is 1.22. The second-order valence-corrected chi connectivity index (χ2v) is 17.5. The molecule has 4 N–H and O–H groups in total. The van der Waals surface area contributed by atoms with E-state index in [4.69, 9.17) is 23.7 Å². The lowest BCUT2D eigenvalue weighted by atomic mass is 9.42. The fraction of sp³-hybridized carbons (Fsp3) is 0.489. The van der Waals surface area contributed by atoms with Crippen molar-refractivity contribution in [1.82, 2.24) is 5.32 Å². The van der Waals surface area contributed by atoms with Crippen molar-refractivity contribution in [2.45, 2.75) is 113 Å². The second kappa shape index (κ2) is 14.1.